The molecule has 3 amide bonds. The molecule has 2 heterocycles. The van der Waals surface area contributed by atoms with Crippen LogP contribution in [0.2, 0.25) is 0 Å². The molecule has 10 heteroatoms. The lowest BCUT2D eigenvalue weighted by Gasteiger charge is -2.27. The maximum absolute atomic E-state index is 12.8. The summed E-state index contributed by atoms with van der Waals surface area (Å²) in [4.78, 5) is 27.1. The van der Waals surface area contributed by atoms with Crippen LogP contribution in [0.15, 0.2) is 48.7 Å². The molecular formula is C25H27F3N4O3. The smallest absolute Gasteiger partial charge is 0.416 e. The van der Waals surface area contributed by atoms with Gasteiger partial charge in [0.1, 0.15) is 12.3 Å². The second-order valence-corrected chi connectivity index (χ2v) is 8.49. The van der Waals surface area contributed by atoms with E-state index in [9.17, 15) is 22.8 Å². The van der Waals surface area contributed by atoms with Gasteiger partial charge in [-0.2, -0.15) is 13.2 Å². The van der Waals surface area contributed by atoms with Crippen molar-refractivity contribution < 1.29 is 27.5 Å². The molecule has 1 aliphatic heterocycles. The largest absolute Gasteiger partial charge is 0.497 e. The number of ether oxygens (including phenoxy) is 1. The van der Waals surface area contributed by atoms with Gasteiger partial charge in [-0.3, -0.25) is 4.79 Å². The van der Waals surface area contributed by atoms with E-state index in [1.54, 1.807) is 7.11 Å². The van der Waals surface area contributed by atoms with E-state index in [1.165, 1.54) is 12.1 Å². The molecule has 186 valence electrons. The predicted octanol–water partition coefficient (Wildman–Crippen LogP) is 5.00. The maximum Gasteiger partial charge on any atom is 0.416 e. The number of benzene rings is 2. The highest BCUT2D eigenvalue weighted by Gasteiger charge is 2.30. The number of methoxy groups -OCH3 is 1. The molecule has 0 spiro atoms. The van der Waals surface area contributed by atoms with Gasteiger partial charge in [-0.1, -0.05) is 0 Å². The number of urea groups is 1. The summed E-state index contributed by atoms with van der Waals surface area (Å²) >= 11 is 0. The first-order valence-corrected chi connectivity index (χ1v) is 11.4. The number of alkyl halides is 3. The minimum Gasteiger partial charge on any atom is -0.497 e. The van der Waals surface area contributed by atoms with Crippen LogP contribution in [-0.2, 0) is 24.1 Å². The zero-order chi connectivity index (χ0) is 25.0. The van der Waals surface area contributed by atoms with E-state index >= 15 is 0 Å². The molecule has 35 heavy (non-hydrogen) atoms. The Hall–Kier alpha value is -3.69. The van der Waals surface area contributed by atoms with E-state index in [0.29, 0.717) is 5.75 Å². The summed E-state index contributed by atoms with van der Waals surface area (Å²) in [6.07, 6.45) is 0.563. The molecule has 1 aromatic heterocycles. The van der Waals surface area contributed by atoms with Crippen molar-refractivity contribution in [2.75, 3.05) is 25.5 Å². The molecule has 0 saturated carbocycles. The number of nitrogens with zero attached hydrogens (tertiary/aromatic N) is 2. The van der Waals surface area contributed by atoms with Crippen LogP contribution in [0.3, 0.4) is 0 Å². The fraction of sp³-hybridized carbons (Fsp3) is 0.360. The number of nitrogens with one attached hydrogen (secondary N) is 2. The summed E-state index contributed by atoms with van der Waals surface area (Å²) in [5.74, 6) is 0.699. The predicted molar refractivity (Wildman–Crippen MR) is 126 cm³/mol. The Bertz CT molecular complexity index is 1200. The summed E-state index contributed by atoms with van der Waals surface area (Å²) in [6, 6.07) is 9.21. The van der Waals surface area contributed by atoms with Gasteiger partial charge in [0.05, 0.1) is 12.7 Å². The quantitative estimate of drug-likeness (QED) is 0.513. The third-order valence-electron chi connectivity index (χ3n) is 6.09. The number of fused-ring (bicyclic) bond motifs is 1. The Morgan fingerprint density at radius 1 is 1.03 bits per heavy atom. The number of halogens is 3. The van der Waals surface area contributed by atoms with E-state index in [1.807, 2.05) is 33.9 Å². The average molecular weight is 489 g/mol. The van der Waals surface area contributed by atoms with Crippen molar-refractivity contribution in [3.63, 3.8) is 0 Å². The van der Waals surface area contributed by atoms with Crippen molar-refractivity contribution in [2.24, 2.45) is 0 Å². The van der Waals surface area contributed by atoms with Crippen molar-refractivity contribution in [3.05, 3.63) is 59.8 Å². The molecule has 1 saturated heterocycles. The highest BCUT2D eigenvalue weighted by atomic mass is 19.4. The number of aromatic nitrogens is 1. The van der Waals surface area contributed by atoms with Crippen LogP contribution in [0.4, 0.5) is 23.7 Å². The van der Waals surface area contributed by atoms with Crippen LogP contribution in [0.1, 0.15) is 30.4 Å². The summed E-state index contributed by atoms with van der Waals surface area (Å²) in [7, 11) is 1.56. The van der Waals surface area contributed by atoms with E-state index in [0.717, 1.165) is 61.0 Å². The monoisotopic (exact) mass is 488 g/mol. The minimum absolute atomic E-state index is 0.0528. The number of likely N-dealkylation sites (tertiary alicyclic amines) is 1. The lowest BCUT2D eigenvalue weighted by atomic mass is 10.1. The number of anilines is 1. The molecule has 1 fully saturated rings. The molecule has 0 unspecified atom stereocenters. The minimum atomic E-state index is -4.44. The number of piperidine rings is 1. The van der Waals surface area contributed by atoms with Crippen LogP contribution in [0.25, 0.3) is 10.9 Å². The molecule has 0 atom stereocenters. The van der Waals surface area contributed by atoms with Gasteiger partial charge in [0.15, 0.2) is 0 Å². The number of carbonyl (C=O) groups is 2. The second-order valence-electron chi connectivity index (χ2n) is 8.49. The second kappa shape index (κ2) is 10.3. The fourth-order valence-electron chi connectivity index (χ4n) is 4.23. The van der Waals surface area contributed by atoms with E-state index in [-0.39, 0.29) is 24.7 Å². The van der Waals surface area contributed by atoms with Crippen molar-refractivity contribution >= 4 is 28.5 Å². The Morgan fingerprint density at radius 3 is 2.40 bits per heavy atom. The van der Waals surface area contributed by atoms with Crippen molar-refractivity contribution in [3.8, 4) is 5.75 Å². The van der Waals surface area contributed by atoms with Crippen LogP contribution < -0.4 is 15.4 Å². The fourth-order valence-corrected chi connectivity index (χ4v) is 4.23. The summed E-state index contributed by atoms with van der Waals surface area (Å²) in [6.45, 7) is 1.89. The van der Waals surface area contributed by atoms with E-state index in [2.05, 4.69) is 10.6 Å². The zero-order valence-corrected chi connectivity index (χ0v) is 19.3. The maximum atomic E-state index is 12.8. The molecule has 2 aromatic carbocycles. The van der Waals surface area contributed by atoms with E-state index < -0.39 is 17.8 Å². The van der Waals surface area contributed by atoms with Gasteiger partial charge in [-0.15, -0.1) is 0 Å². The first-order chi connectivity index (χ1) is 16.7. The van der Waals surface area contributed by atoms with Gasteiger partial charge in [0, 0.05) is 42.4 Å². The SMILES string of the molecule is COc1ccc2c(c1)c(CNC(=O)Nc1ccc(C(F)(F)F)cc1)cn2CC(=O)N1CCCCC1. The lowest BCUT2D eigenvalue weighted by Crippen LogP contribution is -2.37. The Kier molecular flexibility index (Phi) is 7.18. The van der Waals surface area contributed by atoms with Crippen molar-refractivity contribution in [1.82, 2.24) is 14.8 Å². The molecule has 4 rings (SSSR count). The number of rotatable bonds is 6. The molecule has 0 aliphatic carbocycles. The van der Waals surface area contributed by atoms with Crippen LogP contribution in [0, 0.1) is 0 Å². The Morgan fingerprint density at radius 2 is 1.74 bits per heavy atom. The summed E-state index contributed by atoms with van der Waals surface area (Å²) in [5, 5.41) is 6.10. The number of carbonyl (C=O) groups excluding carboxylic acids is 2. The topological polar surface area (TPSA) is 75.6 Å². The van der Waals surface area contributed by atoms with Gasteiger partial charge in [0.2, 0.25) is 5.91 Å². The van der Waals surface area contributed by atoms with Crippen molar-refractivity contribution in [2.45, 2.75) is 38.5 Å². The Labute approximate surface area is 200 Å². The highest BCUT2D eigenvalue weighted by Crippen LogP contribution is 2.30. The van der Waals surface area contributed by atoms with Crippen LogP contribution in [-0.4, -0.2) is 41.6 Å². The summed E-state index contributed by atoms with van der Waals surface area (Å²) in [5.41, 5.74) is 1.08. The molecule has 1 aliphatic rings. The Balaban J connectivity index is 1.46. The van der Waals surface area contributed by atoms with Crippen molar-refractivity contribution in [1.29, 1.82) is 0 Å². The third kappa shape index (κ3) is 5.87. The molecule has 0 radical (unpaired) electrons. The normalized spacial score (nSPS) is 14.1. The van der Waals surface area contributed by atoms with Gasteiger partial charge in [0.25, 0.3) is 0 Å². The third-order valence-corrected chi connectivity index (χ3v) is 6.09. The van der Waals surface area contributed by atoms with Gasteiger partial charge in [-0.05, 0) is 67.3 Å². The average Bonchev–Trinajstić information content (AvgIpc) is 3.19. The number of amides is 3. The van der Waals surface area contributed by atoms with Gasteiger partial charge in [-0.25, -0.2) is 4.79 Å². The molecule has 2 N–H and O–H groups in total. The first-order valence-electron chi connectivity index (χ1n) is 11.4. The number of hydrogen-bond donors (Lipinski definition) is 2. The first kappa shape index (κ1) is 24.4. The number of hydrogen-bond acceptors (Lipinski definition) is 3. The molecule has 7 nitrogen and oxygen atoms in total. The van der Waals surface area contributed by atoms with Crippen LogP contribution >= 0.6 is 0 Å². The zero-order valence-electron chi connectivity index (χ0n) is 19.3. The highest BCUT2D eigenvalue weighted by molar-refractivity contribution is 5.91. The molecular weight excluding hydrogens is 461 g/mol. The van der Waals surface area contributed by atoms with E-state index in [4.69, 9.17) is 4.74 Å². The summed E-state index contributed by atoms with van der Waals surface area (Å²) < 4.78 is 45.4. The van der Waals surface area contributed by atoms with Crippen LogP contribution in [0.5, 0.6) is 5.75 Å². The lowest BCUT2D eigenvalue weighted by molar-refractivity contribution is -0.137. The van der Waals surface area contributed by atoms with Gasteiger partial charge >= 0.3 is 12.2 Å². The molecule has 0 bridgehead atoms. The standard InChI is InChI=1S/C25H27F3N4O3/c1-35-20-9-10-22-21(13-20)17(15-32(22)16-23(33)31-11-3-2-4-12-31)14-29-24(34)30-19-7-5-18(6-8-19)25(26,27)28/h5-10,13,15H,2-4,11-12,14,16H2,1H3,(H2,29,30,34). The molecule has 3 aromatic rings. The van der Waals surface area contributed by atoms with Gasteiger partial charge < -0.3 is 24.8 Å².